The van der Waals surface area contributed by atoms with E-state index in [1.807, 2.05) is 37.6 Å². The third-order valence-corrected chi connectivity index (χ3v) is 5.41. The molecule has 0 unspecified atom stereocenters. The number of hydrogen-bond donors (Lipinski definition) is 2. The highest BCUT2D eigenvalue weighted by Gasteiger charge is 2.23. The van der Waals surface area contributed by atoms with Crippen molar-refractivity contribution >= 4 is 11.6 Å². The Balaban J connectivity index is 1.36. The Morgan fingerprint density at radius 1 is 1.21 bits per heavy atom. The summed E-state index contributed by atoms with van der Waals surface area (Å²) in [6.45, 7) is 2.70. The molecular weight excluding hydrogens is 368 g/mol. The second kappa shape index (κ2) is 8.30. The van der Waals surface area contributed by atoms with Gasteiger partial charge in [-0.2, -0.15) is 5.10 Å². The van der Waals surface area contributed by atoms with Gasteiger partial charge in [0.05, 0.1) is 0 Å². The smallest absolute Gasteiger partial charge is 0.340 e. The lowest BCUT2D eigenvalue weighted by Gasteiger charge is -2.35. The molecule has 0 radical (unpaired) electrons. The van der Waals surface area contributed by atoms with Crippen LogP contribution in [-0.2, 0) is 0 Å². The standard InChI is InChI=1S/C21H24N6O2/c1-26(14-15-7-11-27(12-8-15)18-5-9-22-10-6-18)20(28)17-4-2-3-16(13-17)19-23-21(29)25-24-19/h2-6,9-10,13,15H,7-8,11-12,14H2,1H3,(H2,23,24,25,29). The van der Waals surface area contributed by atoms with Gasteiger partial charge in [0.2, 0.25) is 0 Å². The summed E-state index contributed by atoms with van der Waals surface area (Å²) in [4.78, 5) is 35.0. The van der Waals surface area contributed by atoms with Crippen LogP contribution < -0.4 is 10.6 Å². The Bertz CT molecular complexity index is 1020. The first-order valence-corrected chi connectivity index (χ1v) is 9.76. The van der Waals surface area contributed by atoms with Gasteiger partial charge in [-0.25, -0.2) is 9.89 Å². The topological polar surface area (TPSA) is 98.0 Å². The summed E-state index contributed by atoms with van der Waals surface area (Å²) < 4.78 is 0. The molecule has 8 heteroatoms. The van der Waals surface area contributed by atoms with Crippen LogP contribution in [0.25, 0.3) is 11.4 Å². The fourth-order valence-corrected chi connectivity index (χ4v) is 3.83. The minimum atomic E-state index is -0.369. The van der Waals surface area contributed by atoms with E-state index in [1.165, 1.54) is 5.69 Å². The number of H-pyrrole nitrogens is 2. The number of benzene rings is 1. The van der Waals surface area contributed by atoms with E-state index >= 15 is 0 Å². The Hall–Kier alpha value is -3.42. The van der Waals surface area contributed by atoms with Gasteiger partial charge in [-0.1, -0.05) is 12.1 Å². The predicted molar refractivity (Wildman–Crippen MR) is 111 cm³/mol. The first-order chi connectivity index (χ1) is 14.1. The van der Waals surface area contributed by atoms with Gasteiger partial charge in [0.25, 0.3) is 5.91 Å². The lowest BCUT2D eigenvalue weighted by Crippen LogP contribution is -2.39. The van der Waals surface area contributed by atoms with Crippen molar-refractivity contribution in [1.82, 2.24) is 25.1 Å². The zero-order valence-corrected chi connectivity index (χ0v) is 16.3. The van der Waals surface area contributed by atoms with E-state index < -0.39 is 0 Å². The number of hydrogen-bond acceptors (Lipinski definition) is 5. The van der Waals surface area contributed by atoms with Crippen molar-refractivity contribution < 1.29 is 4.79 Å². The minimum Gasteiger partial charge on any atom is -0.371 e. The Labute approximate surface area is 168 Å². The quantitative estimate of drug-likeness (QED) is 0.693. The van der Waals surface area contributed by atoms with Gasteiger partial charge in [0.15, 0.2) is 5.82 Å². The van der Waals surface area contributed by atoms with Crippen LogP contribution in [0.1, 0.15) is 23.2 Å². The van der Waals surface area contributed by atoms with Crippen LogP contribution in [0.2, 0.25) is 0 Å². The number of aromatic amines is 2. The lowest BCUT2D eigenvalue weighted by atomic mass is 9.95. The summed E-state index contributed by atoms with van der Waals surface area (Å²) >= 11 is 0. The highest BCUT2D eigenvalue weighted by Crippen LogP contribution is 2.24. The molecule has 4 rings (SSSR count). The van der Waals surface area contributed by atoms with Crippen molar-refractivity contribution in [1.29, 1.82) is 0 Å². The molecule has 1 amide bonds. The molecule has 0 atom stereocenters. The number of carbonyl (C=O) groups is 1. The van der Waals surface area contributed by atoms with Crippen LogP contribution in [0.4, 0.5) is 5.69 Å². The van der Waals surface area contributed by atoms with E-state index in [0.717, 1.165) is 32.5 Å². The van der Waals surface area contributed by atoms with Crippen molar-refractivity contribution in [3.05, 3.63) is 64.8 Å². The van der Waals surface area contributed by atoms with Gasteiger partial charge in [-0.05, 0) is 43.0 Å². The number of anilines is 1. The van der Waals surface area contributed by atoms with Crippen LogP contribution in [0.3, 0.4) is 0 Å². The van der Waals surface area contributed by atoms with Crippen LogP contribution in [0.15, 0.2) is 53.6 Å². The zero-order chi connectivity index (χ0) is 20.2. The second-order valence-electron chi connectivity index (χ2n) is 7.43. The third-order valence-electron chi connectivity index (χ3n) is 5.41. The molecule has 1 aromatic carbocycles. The van der Waals surface area contributed by atoms with Crippen LogP contribution in [0.5, 0.6) is 0 Å². The number of nitrogens with one attached hydrogen (secondary N) is 2. The number of amides is 1. The molecule has 3 heterocycles. The molecule has 0 spiro atoms. The molecular formula is C21H24N6O2. The van der Waals surface area contributed by atoms with Gasteiger partial charge in [-0.3, -0.25) is 14.8 Å². The minimum absolute atomic E-state index is 0.0266. The van der Waals surface area contributed by atoms with Crippen molar-refractivity contribution in [2.75, 3.05) is 31.6 Å². The van der Waals surface area contributed by atoms with E-state index in [0.29, 0.717) is 22.9 Å². The maximum absolute atomic E-state index is 12.9. The number of rotatable bonds is 5. The molecule has 1 aliphatic heterocycles. The third kappa shape index (κ3) is 4.37. The van der Waals surface area contributed by atoms with Crippen LogP contribution in [-0.4, -0.2) is 57.7 Å². The van der Waals surface area contributed by atoms with Crippen molar-refractivity contribution in [2.45, 2.75) is 12.8 Å². The number of aromatic nitrogens is 4. The summed E-state index contributed by atoms with van der Waals surface area (Å²) in [7, 11) is 1.85. The zero-order valence-electron chi connectivity index (χ0n) is 16.3. The maximum Gasteiger partial charge on any atom is 0.340 e. The van der Waals surface area contributed by atoms with Crippen LogP contribution in [0, 0.1) is 5.92 Å². The molecule has 0 aliphatic carbocycles. The van der Waals surface area contributed by atoms with Gasteiger partial charge in [-0.15, -0.1) is 0 Å². The molecule has 1 saturated heterocycles. The highest BCUT2D eigenvalue weighted by molar-refractivity contribution is 5.95. The van der Waals surface area contributed by atoms with E-state index in [2.05, 4.69) is 25.1 Å². The normalized spacial score (nSPS) is 14.7. The average Bonchev–Trinajstić information content (AvgIpc) is 3.21. The lowest BCUT2D eigenvalue weighted by molar-refractivity contribution is 0.0765. The van der Waals surface area contributed by atoms with E-state index in [-0.39, 0.29) is 11.6 Å². The molecule has 2 aromatic heterocycles. The SMILES string of the molecule is CN(CC1CCN(c2ccncc2)CC1)C(=O)c1cccc(-c2n[nH]c(=O)[nH]2)c1. The largest absolute Gasteiger partial charge is 0.371 e. The molecule has 3 aromatic rings. The summed E-state index contributed by atoms with van der Waals surface area (Å²) in [5.74, 6) is 0.880. The number of pyridine rings is 1. The van der Waals surface area contributed by atoms with Gasteiger partial charge >= 0.3 is 5.69 Å². The van der Waals surface area contributed by atoms with E-state index in [1.54, 1.807) is 23.1 Å². The number of piperidine rings is 1. The van der Waals surface area contributed by atoms with Gasteiger partial charge < -0.3 is 9.80 Å². The van der Waals surface area contributed by atoms with Gasteiger partial charge in [0.1, 0.15) is 0 Å². The van der Waals surface area contributed by atoms with Crippen molar-refractivity contribution in [3.8, 4) is 11.4 Å². The monoisotopic (exact) mass is 392 g/mol. The first-order valence-electron chi connectivity index (χ1n) is 9.76. The van der Waals surface area contributed by atoms with Gasteiger partial charge in [0, 0.05) is 55.9 Å². The van der Waals surface area contributed by atoms with Crippen molar-refractivity contribution in [2.24, 2.45) is 5.92 Å². The first kappa shape index (κ1) is 18.9. The molecule has 0 saturated carbocycles. The molecule has 2 N–H and O–H groups in total. The summed E-state index contributed by atoms with van der Waals surface area (Å²) in [5, 5.41) is 6.27. The maximum atomic E-state index is 12.9. The predicted octanol–water partition coefficient (Wildman–Crippen LogP) is 2.15. The number of carbonyl (C=O) groups excluding carboxylic acids is 1. The Morgan fingerprint density at radius 3 is 2.66 bits per heavy atom. The fraction of sp³-hybridized carbons (Fsp3) is 0.333. The fourth-order valence-electron chi connectivity index (χ4n) is 3.83. The van der Waals surface area contributed by atoms with Crippen LogP contribution >= 0.6 is 0 Å². The molecule has 0 bridgehead atoms. The Morgan fingerprint density at radius 2 is 1.97 bits per heavy atom. The Kier molecular flexibility index (Phi) is 5.41. The molecule has 1 aliphatic rings. The summed E-state index contributed by atoms with van der Waals surface area (Å²) in [5.41, 5.74) is 2.12. The number of nitrogens with zero attached hydrogens (tertiary/aromatic N) is 4. The molecule has 29 heavy (non-hydrogen) atoms. The molecule has 1 fully saturated rings. The van der Waals surface area contributed by atoms with E-state index in [4.69, 9.17) is 0 Å². The molecule has 150 valence electrons. The average molecular weight is 392 g/mol. The summed E-state index contributed by atoms with van der Waals surface area (Å²) in [6.07, 6.45) is 5.74. The van der Waals surface area contributed by atoms with E-state index in [9.17, 15) is 9.59 Å². The summed E-state index contributed by atoms with van der Waals surface area (Å²) in [6, 6.07) is 11.2. The van der Waals surface area contributed by atoms with Crippen molar-refractivity contribution in [3.63, 3.8) is 0 Å². The second-order valence-corrected chi connectivity index (χ2v) is 7.43. The molecule has 8 nitrogen and oxygen atoms in total. The highest BCUT2D eigenvalue weighted by atomic mass is 16.2.